The first-order valence-electron chi connectivity index (χ1n) is 26.7. The number of aliphatic hydroxyl groups excluding tert-OH is 11. The van der Waals surface area contributed by atoms with Crippen LogP contribution in [0.25, 0.3) is 0 Å². The maximum Gasteiger partial charge on any atom is 0.335 e. The van der Waals surface area contributed by atoms with E-state index in [1.54, 1.807) is 0 Å². The second-order valence-corrected chi connectivity index (χ2v) is 25.4. The minimum Gasteiger partial charge on any atom is -0.479 e. The van der Waals surface area contributed by atoms with Crippen molar-refractivity contribution in [1.82, 2.24) is 0 Å². The normalized spacial score (nSPS) is 53.0. The van der Waals surface area contributed by atoms with E-state index in [0.29, 0.717) is 19.3 Å². The first-order chi connectivity index (χ1) is 34.6. The van der Waals surface area contributed by atoms with Crippen molar-refractivity contribution < 1.29 is 109 Å². The Hall–Kier alpha value is -2.04. The first-order valence-corrected chi connectivity index (χ1v) is 26.7. The number of rotatable bonds is 10. The highest BCUT2D eigenvalue weighted by Gasteiger charge is 2.68. The third kappa shape index (κ3) is 9.42. The van der Waals surface area contributed by atoms with Gasteiger partial charge in [0.25, 0.3) is 0 Å². The molecule has 0 aromatic rings. The summed E-state index contributed by atoms with van der Waals surface area (Å²) in [6, 6.07) is 0. The SMILES string of the molecule is CC1(C)CC(C(=O)OC2OC(CO)C(O)C(O)C2O)C2CCC3(C)C(=CCC4C5(C)CCC(OC6OC(C(=O)O)C(OC7OCC(O)C(O)C7O)C(O)C6OC6OCC(O)C(O)C6O)C(C)(C)C5CCC43C)C2C1. The summed E-state index contributed by atoms with van der Waals surface area (Å²) in [6.07, 6.45) is -21.6. The Morgan fingerprint density at radius 2 is 1.24 bits per heavy atom. The van der Waals surface area contributed by atoms with Crippen LogP contribution in [0.5, 0.6) is 0 Å². The molecular formula is C52H82O22. The van der Waals surface area contributed by atoms with E-state index in [-0.39, 0.29) is 45.3 Å². The zero-order chi connectivity index (χ0) is 53.9. The molecule has 422 valence electrons. The number of ether oxygens (including phenoxy) is 8. The lowest BCUT2D eigenvalue weighted by atomic mass is 9.34. The number of carbonyl (C=O) groups is 2. The molecule has 0 aromatic carbocycles. The lowest BCUT2D eigenvalue weighted by Crippen LogP contribution is -2.67. The minimum absolute atomic E-state index is 0.0482. The van der Waals surface area contributed by atoms with Crippen LogP contribution in [0.4, 0.5) is 0 Å². The monoisotopic (exact) mass is 1060 g/mol. The second kappa shape index (κ2) is 20.6. The van der Waals surface area contributed by atoms with Gasteiger partial charge in [-0.2, -0.15) is 0 Å². The first kappa shape index (κ1) is 56.7. The highest BCUT2D eigenvalue weighted by molar-refractivity contribution is 5.74. The molecule has 0 bridgehead atoms. The van der Waals surface area contributed by atoms with Gasteiger partial charge in [0.1, 0.15) is 79.4 Å². The van der Waals surface area contributed by atoms with Crippen LogP contribution >= 0.6 is 0 Å². The standard InChI is InChI=1S/C52H82O22/c1-48(2)16-22-21(23(17-48)43(66)74-46-37(62)34(59)33(58)27(18-53)69-46)10-14-51(6)24(22)8-9-29-50(5)13-12-30(49(3,4)28(50)11-15-52(29,51)7)70-47-40(72-45-36(61)32(57)26(55)20-68-45)38(63)39(41(73-47)42(64)65)71-44-35(60)31(56)25(54)19-67-44/h8,21-23,25-41,44-47,53-63H,9-20H2,1-7H3,(H,64,65). The molecule has 0 aromatic heterocycles. The van der Waals surface area contributed by atoms with Gasteiger partial charge in [0.05, 0.1) is 31.8 Å². The molecule has 9 rings (SSSR count). The quantitative estimate of drug-likeness (QED) is 0.0723. The number of hydrogen-bond acceptors (Lipinski definition) is 21. The molecule has 4 saturated carbocycles. The Balaban J connectivity index is 0.951. The van der Waals surface area contributed by atoms with Crippen LogP contribution in [0.1, 0.15) is 106 Å². The number of carboxylic acid groups (broad SMARTS) is 1. The average Bonchev–Trinajstić information content (AvgIpc) is 3.33. The highest BCUT2D eigenvalue weighted by atomic mass is 16.8. The third-order valence-electron chi connectivity index (χ3n) is 20.4. The fourth-order valence-electron chi connectivity index (χ4n) is 16.1. The van der Waals surface area contributed by atoms with E-state index < -0.39 is 160 Å². The molecule has 5 aliphatic carbocycles. The minimum atomic E-state index is -1.95. The van der Waals surface area contributed by atoms with Gasteiger partial charge in [-0.15, -0.1) is 0 Å². The van der Waals surface area contributed by atoms with Crippen molar-refractivity contribution in [3.63, 3.8) is 0 Å². The van der Waals surface area contributed by atoms with Gasteiger partial charge in [0.15, 0.2) is 25.0 Å². The average molecular weight is 1060 g/mol. The Kier molecular flexibility index (Phi) is 15.7. The molecule has 8 fully saturated rings. The summed E-state index contributed by atoms with van der Waals surface area (Å²) < 4.78 is 47.3. The van der Waals surface area contributed by atoms with E-state index in [1.807, 2.05) is 0 Å². The van der Waals surface area contributed by atoms with Crippen LogP contribution in [0.2, 0.25) is 0 Å². The van der Waals surface area contributed by atoms with Gasteiger partial charge in [-0.3, -0.25) is 4.79 Å². The smallest absolute Gasteiger partial charge is 0.335 e. The van der Waals surface area contributed by atoms with Gasteiger partial charge < -0.3 is 99.2 Å². The predicted octanol–water partition coefficient (Wildman–Crippen LogP) is -0.809. The fourth-order valence-corrected chi connectivity index (χ4v) is 16.1. The molecule has 0 amide bonds. The molecule has 4 aliphatic heterocycles. The zero-order valence-corrected chi connectivity index (χ0v) is 43.4. The Bertz CT molecular complexity index is 2070. The summed E-state index contributed by atoms with van der Waals surface area (Å²) in [5, 5.41) is 127. The number of hydrogen-bond donors (Lipinski definition) is 12. The summed E-state index contributed by atoms with van der Waals surface area (Å²) in [4.78, 5) is 27.2. The molecule has 4 heterocycles. The molecular weight excluding hydrogens is 977 g/mol. The van der Waals surface area contributed by atoms with E-state index in [9.17, 15) is 70.9 Å². The highest BCUT2D eigenvalue weighted by Crippen LogP contribution is 2.75. The van der Waals surface area contributed by atoms with Gasteiger partial charge in [-0.1, -0.05) is 60.1 Å². The molecule has 12 N–H and O–H groups in total. The predicted molar refractivity (Wildman–Crippen MR) is 251 cm³/mol. The molecule has 4 saturated heterocycles. The van der Waals surface area contributed by atoms with E-state index in [2.05, 4.69) is 54.5 Å². The van der Waals surface area contributed by atoms with E-state index in [1.165, 1.54) is 5.57 Å². The molecule has 27 atom stereocenters. The lowest BCUT2D eigenvalue weighted by Gasteiger charge is -2.71. The van der Waals surface area contributed by atoms with Crippen molar-refractivity contribution >= 4 is 11.9 Å². The van der Waals surface area contributed by atoms with Crippen molar-refractivity contribution in [3.8, 4) is 0 Å². The molecule has 74 heavy (non-hydrogen) atoms. The lowest BCUT2D eigenvalue weighted by molar-refractivity contribution is -0.382. The summed E-state index contributed by atoms with van der Waals surface area (Å²) >= 11 is 0. The van der Waals surface area contributed by atoms with Crippen molar-refractivity contribution in [1.29, 1.82) is 0 Å². The topological polar surface area (TPSA) is 351 Å². The maximum atomic E-state index is 14.2. The number of fused-ring (bicyclic) bond motifs is 7. The number of carboxylic acids is 1. The summed E-state index contributed by atoms with van der Waals surface area (Å²) in [7, 11) is 0. The van der Waals surface area contributed by atoms with E-state index in [4.69, 9.17) is 37.9 Å². The van der Waals surface area contributed by atoms with Crippen LogP contribution in [0.3, 0.4) is 0 Å². The van der Waals surface area contributed by atoms with Crippen LogP contribution in [-0.4, -0.2) is 210 Å². The van der Waals surface area contributed by atoms with Crippen molar-refractivity contribution in [2.24, 2.45) is 56.7 Å². The summed E-state index contributed by atoms with van der Waals surface area (Å²) in [5.74, 6) is -2.32. The number of aliphatic hydroxyl groups is 11. The number of carbonyl (C=O) groups excluding carboxylic acids is 1. The van der Waals surface area contributed by atoms with Gasteiger partial charge in [-0.25, -0.2) is 4.79 Å². The van der Waals surface area contributed by atoms with Crippen molar-refractivity contribution in [3.05, 3.63) is 11.6 Å². The largest absolute Gasteiger partial charge is 0.479 e. The van der Waals surface area contributed by atoms with Crippen LogP contribution in [-0.2, 0) is 47.5 Å². The van der Waals surface area contributed by atoms with E-state index in [0.717, 1.165) is 38.5 Å². The number of aliphatic carboxylic acids is 1. The van der Waals surface area contributed by atoms with Gasteiger partial charge >= 0.3 is 11.9 Å². The van der Waals surface area contributed by atoms with E-state index >= 15 is 0 Å². The number of allylic oxidation sites excluding steroid dienone is 2. The van der Waals surface area contributed by atoms with Crippen LogP contribution in [0.15, 0.2) is 11.6 Å². The van der Waals surface area contributed by atoms with Crippen LogP contribution in [0, 0.1) is 56.7 Å². The second-order valence-electron chi connectivity index (χ2n) is 25.4. The number of esters is 1. The molecule has 27 unspecified atom stereocenters. The summed E-state index contributed by atoms with van der Waals surface area (Å²) in [5.41, 5.74) is -0.0878. The Labute approximate surface area is 430 Å². The van der Waals surface area contributed by atoms with Crippen LogP contribution < -0.4 is 0 Å². The zero-order valence-electron chi connectivity index (χ0n) is 43.4. The third-order valence-corrected chi connectivity index (χ3v) is 20.4. The molecule has 0 spiro atoms. The van der Waals surface area contributed by atoms with Crippen molar-refractivity contribution in [2.45, 2.75) is 223 Å². The molecule has 22 heteroatoms. The fraction of sp³-hybridized carbons (Fsp3) is 0.923. The molecule has 22 nitrogen and oxygen atoms in total. The molecule has 0 radical (unpaired) electrons. The van der Waals surface area contributed by atoms with Crippen molar-refractivity contribution in [2.75, 3.05) is 19.8 Å². The Morgan fingerprint density at radius 3 is 1.85 bits per heavy atom. The van der Waals surface area contributed by atoms with Gasteiger partial charge in [0.2, 0.25) is 6.29 Å². The van der Waals surface area contributed by atoms with Gasteiger partial charge in [0, 0.05) is 0 Å². The molecule has 9 aliphatic rings. The summed E-state index contributed by atoms with van der Waals surface area (Å²) in [6.45, 7) is 14.2. The van der Waals surface area contributed by atoms with Gasteiger partial charge in [-0.05, 0) is 109 Å². The Morgan fingerprint density at radius 1 is 0.635 bits per heavy atom. The maximum absolute atomic E-state index is 14.2.